The molecule has 0 aliphatic heterocycles. The van der Waals surface area contributed by atoms with Crippen LogP contribution in [0.15, 0.2) is 41.8 Å². The first-order valence-electron chi connectivity index (χ1n) is 5.46. The Kier molecular flexibility index (Phi) is 4.74. The lowest BCUT2D eigenvalue weighted by atomic mass is 10.2. The van der Waals surface area contributed by atoms with E-state index >= 15 is 0 Å². The molecule has 1 aliphatic rings. The summed E-state index contributed by atoms with van der Waals surface area (Å²) in [5.41, 5.74) is 1.05. The molecular weight excluding hydrogens is 220 g/mol. The van der Waals surface area contributed by atoms with E-state index in [1.54, 1.807) is 24.3 Å². The van der Waals surface area contributed by atoms with Gasteiger partial charge in [0.05, 0.1) is 10.6 Å². The van der Waals surface area contributed by atoms with E-state index in [0.29, 0.717) is 4.90 Å². The van der Waals surface area contributed by atoms with Crippen molar-refractivity contribution in [2.75, 3.05) is 5.75 Å². The van der Waals surface area contributed by atoms with Gasteiger partial charge in [0.1, 0.15) is 0 Å². The minimum absolute atomic E-state index is 0.00391. The summed E-state index contributed by atoms with van der Waals surface area (Å²) < 4.78 is 22.9. The van der Waals surface area contributed by atoms with Crippen LogP contribution in [0.1, 0.15) is 24.8 Å². The second kappa shape index (κ2) is 5.85. The lowest BCUT2D eigenvalue weighted by Gasteiger charge is -2.00. The number of rotatable bonds is 3. The third-order valence-corrected chi connectivity index (χ3v) is 3.74. The third kappa shape index (κ3) is 4.62. The number of benzene rings is 1. The molecule has 2 nitrogen and oxygen atoms in total. The van der Waals surface area contributed by atoms with E-state index in [0.717, 1.165) is 5.56 Å². The van der Waals surface area contributed by atoms with Gasteiger partial charge in [0.25, 0.3) is 0 Å². The van der Waals surface area contributed by atoms with E-state index < -0.39 is 9.84 Å². The van der Waals surface area contributed by atoms with Crippen molar-refractivity contribution >= 4 is 9.84 Å². The molecule has 0 amide bonds. The van der Waals surface area contributed by atoms with Crippen molar-refractivity contribution in [1.29, 1.82) is 0 Å². The Morgan fingerprint density at radius 1 is 1.19 bits per heavy atom. The maximum atomic E-state index is 11.5. The van der Waals surface area contributed by atoms with Crippen LogP contribution in [0.5, 0.6) is 0 Å². The molecule has 1 aliphatic carbocycles. The zero-order chi connectivity index (χ0) is 12.0. The molecule has 0 N–H and O–H groups in total. The first-order valence-corrected chi connectivity index (χ1v) is 7.12. The van der Waals surface area contributed by atoms with E-state index in [1.807, 2.05) is 6.92 Å². The SMILES string of the molecule is C1CC1.C=CCS(=O)(=O)c1ccc(C)cc1. The molecular formula is C13H18O2S. The molecule has 1 aromatic rings. The summed E-state index contributed by atoms with van der Waals surface area (Å²) >= 11 is 0. The monoisotopic (exact) mass is 238 g/mol. The van der Waals surface area contributed by atoms with Crippen molar-refractivity contribution in [3.8, 4) is 0 Å². The molecule has 0 spiro atoms. The molecule has 0 bridgehead atoms. The van der Waals surface area contributed by atoms with Gasteiger partial charge in [0.15, 0.2) is 9.84 Å². The number of aryl methyl sites for hydroxylation is 1. The lowest BCUT2D eigenvalue weighted by molar-refractivity contribution is 0.599. The van der Waals surface area contributed by atoms with E-state index in [4.69, 9.17) is 0 Å². The fraction of sp³-hybridized carbons (Fsp3) is 0.385. The molecule has 1 aromatic carbocycles. The predicted octanol–water partition coefficient (Wildman–Crippen LogP) is 3.13. The Morgan fingerprint density at radius 3 is 2.06 bits per heavy atom. The summed E-state index contributed by atoms with van der Waals surface area (Å²) in [7, 11) is -3.15. The first kappa shape index (κ1) is 13.0. The van der Waals surface area contributed by atoms with Crippen LogP contribution in [0.25, 0.3) is 0 Å². The minimum Gasteiger partial charge on any atom is -0.223 e. The van der Waals surface area contributed by atoms with Gasteiger partial charge in [0.2, 0.25) is 0 Å². The van der Waals surface area contributed by atoms with Gasteiger partial charge in [0, 0.05) is 0 Å². The molecule has 0 saturated heterocycles. The van der Waals surface area contributed by atoms with E-state index in [-0.39, 0.29) is 5.75 Å². The number of sulfone groups is 1. The molecule has 0 heterocycles. The molecule has 3 heteroatoms. The summed E-state index contributed by atoms with van der Waals surface area (Å²) in [4.78, 5) is 0.359. The second-order valence-corrected chi connectivity index (χ2v) is 5.98. The van der Waals surface area contributed by atoms with Crippen LogP contribution < -0.4 is 0 Å². The van der Waals surface area contributed by atoms with E-state index in [1.165, 1.54) is 25.3 Å². The van der Waals surface area contributed by atoms with Gasteiger partial charge in [-0.15, -0.1) is 6.58 Å². The molecule has 1 fully saturated rings. The maximum absolute atomic E-state index is 11.5. The van der Waals surface area contributed by atoms with Crippen LogP contribution in [-0.4, -0.2) is 14.2 Å². The maximum Gasteiger partial charge on any atom is 0.181 e. The highest BCUT2D eigenvalue weighted by atomic mass is 32.2. The molecule has 2 rings (SSSR count). The highest BCUT2D eigenvalue weighted by molar-refractivity contribution is 7.91. The van der Waals surface area contributed by atoms with Crippen molar-refractivity contribution in [2.24, 2.45) is 0 Å². The Bertz CT molecular complexity index is 425. The normalized spacial score (nSPS) is 13.6. The highest BCUT2D eigenvalue weighted by Gasteiger charge is 2.10. The van der Waals surface area contributed by atoms with Crippen molar-refractivity contribution in [1.82, 2.24) is 0 Å². The van der Waals surface area contributed by atoms with Gasteiger partial charge in [-0.1, -0.05) is 43.0 Å². The van der Waals surface area contributed by atoms with Crippen molar-refractivity contribution in [2.45, 2.75) is 31.1 Å². The standard InChI is InChI=1S/C10H12O2S.C3H6/c1-3-8-13(11,12)10-6-4-9(2)5-7-10;1-2-3-1/h3-7H,1,8H2,2H3;1-3H2. The van der Waals surface area contributed by atoms with Crippen molar-refractivity contribution in [3.63, 3.8) is 0 Å². The Labute approximate surface area is 97.9 Å². The Morgan fingerprint density at radius 2 is 1.69 bits per heavy atom. The molecule has 88 valence electrons. The Hall–Kier alpha value is -1.09. The van der Waals surface area contributed by atoms with E-state index in [9.17, 15) is 8.42 Å². The highest BCUT2D eigenvalue weighted by Crippen LogP contribution is 2.15. The molecule has 0 radical (unpaired) electrons. The van der Waals surface area contributed by atoms with Gasteiger partial charge in [-0.3, -0.25) is 0 Å². The predicted molar refractivity (Wildman–Crippen MR) is 67.3 cm³/mol. The fourth-order valence-electron chi connectivity index (χ4n) is 0.997. The zero-order valence-electron chi connectivity index (χ0n) is 9.65. The average molecular weight is 238 g/mol. The second-order valence-electron chi connectivity index (χ2n) is 3.94. The fourth-order valence-corrected chi connectivity index (χ4v) is 2.05. The summed E-state index contributed by atoms with van der Waals surface area (Å²) in [6, 6.07) is 6.81. The van der Waals surface area contributed by atoms with Crippen molar-refractivity contribution in [3.05, 3.63) is 42.5 Å². The first-order chi connectivity index (χ1) is 7.56. The Balaban J connectivity index is 0.000000365. The van der Waals surface area contributed by atoms with Gasteiger partial charge >= 0.3 is 0 Å². The summed E-state index contributed by atoms with van der Waals surface area (Å²) in [5.74, 6) is -0.00391. The topological polar surface area (TPSA) is 34.1 Å². The molecule has 1 saturated carbocycles. The summed E-state index contributed by atoms with van der Waals surface area (Å²) in [5, 5.41) is 0. The van der Waals surface area contributed by atoms with Gasteiger partial charge < -0.3 is 0 Å². The minimum atomic E-state index is -3.15. The number of hydrogen-bond acceptors (Lipinski definition) is 2. The lowest BCUT2D eigenvalue weighted by Crippen LogP contribution is -2.03. The quantitative estimate of drug-likeness (QED) is 0.758. The van der Waals surface area contributed by atoms with Crippen LogP contribution in [0, 0.1) is 6.92 Å². The third-order valence-electron chi connectivity index (χ3n) is 2.07. The van der Waals surface area contributed by atoms with Gasteiger partial charge in [-0.05, 0) is 19.1 Å². The summed E-state index contributed by atoms with van der Waals surface area (Å²) in [6.45, 7) is 5.33. The van der Waals surface area contributed by atoms with Crippen LogP contribution in [0.3, 0.4) is 0 Å². The average Bonchev–Trinajstić information content (AvgIpc) is 3.05. The largest absolute Gasteiger partial charge is 0.223 e. The summed E-state index contributed by atoms with van der Waals surface area (Å²) in [6.07, 6.45) is 5.90. The van der Waals surface area contributed by atoms with Gasteiger partial charge in [-0.2, -0.15) is 0 Å². The van der Waals surface area contributed by atoms with Crippen LogP contribution >= 0.6 is 0 Å². The molecule has 16 heavy (non-hydrogen) atoms. The van der Waals surface area contributed by atoms with E-state index in [2.05, 4.69) is 6.58 Å². The van der Waals surface area contributed by atoms with Crippen molar-refractivity contribution < 1.29 is 8.42 Å². The number of hydrogen-bond donors (Lipinski definition) is 0. The smallest absolute Gasteiger partial charge is 0.181 e. The van der Waals surface area contributed by atoms with Crippen LogP contribution in [0.4, 0.5) is 0 Å². The molecule has 0 unspecified atom stereocenters. The zero-order valence-corrected chi connectivity index (χ0v) is 10.5. The van der Waals surface area contributed by atoms with Crippen LogP contribution in [0.2, 0.25) is 0 Å². The van der Waals surface area contributed by atoms with Gasteiger partial charge in [-0.25, -0.2) is 8.42 Å². The molecule has 0 aromatic heterocycles. The van der Waals surface area contributed by atoms with Crippen LogP contribution in [-0.2, 0) is 9.84 Å². The molecule has 0 atom stereocenters.